The molecule has 2 aromatic heterocycles. The average Bonchev–Trinajstić information content (AvgIpc) is 3.20. The van der Waals surface area contributed by atoms with Crippen LogP contribution in [-0.4, -0.2) is 52.2 Å². The number of carbonyl (C=O) groups is 1. The molecule has 0 radical (unpaired) electrons. The number of amides is 1. The summed E-state index contributed by atoms with van der Waals surface area (Å²) >= 11 is 6.02. The Balaban J connectivity index is 1.62. The molecule has 32 heavy (non-hydrogen) atoms. The van der Waals surface area contributed by atoms with E-state index in [1.807, 2.05) is 0 Å². The Bertz CT molecular complexity index is 1490. The number of rotatable bonds is 5. The van der Waals surface area contributed by atoms with Crippen LogP contribution < -0.4 is 11.0 Å². The number of nitrogens with zero attached hydrogens (tertiary/aromatic N) is 5. The third kappa shape index (κ3) is 3.88. The Morgan fingerprint density at radius 2 is 1.84 bits per heavy atom. The van der Waals surface area contributed by atoms with Crippen molar-refractivity contribution in [3.63, 3.8) is 0 Å². The highest BCUT2D eigenvalue weighted by atomic mass is 35.5. The van der Waals surface area contributed by atoms with Crippen LogP contribution in [0.4, 0.5) is 0 Å². The molecule has 0 aliphatic heterocycles. The molecule has 0 atom stereocenters. The number of benzene rings is 2. The summed E-state index contributed by atoms with van der Waals surface area (Å²) in [5, 5.41) is 4.91. The van der Waals surface area contributed by atoms with E-state index in [0.717, 1.165) is 8.98 Å². The van der Waals surface area contributed by atoms with Crippen LogP contribution in [0.25, 0.3) is 16.7 Å². The normalized spacial score (nSPS) is 11.8. The van der Waals surface area contributed by atoms with Crippen LogP contribution in [0.15, 0.2) is 70.7 Å². The van der Waals surface area contributed by atoms with Crippen molar-refractivity contribution in [2.24, 2.45) is 0 Å². The topological polar surface area (TPSA) is 119 Å². The largest absolute Gasteiger partial charge is 0.283 e. The predicted octanol–water partition coefficient (Wildman–Crippen LogP) is 1.87. The molecule has 4 rings (SSSR count). The van der Waals surface area contributed by atoms with Crippen molar-refractivity contribution in [2.45, 2.75) is 4.90 Å². The highest BCUT2D eigenvalue weighted by Gasteiger charge is 2.18. The number of hydrogen-bond donors (Lipinski definition) is 1. The number of halogens is 1. The summed E-state index contributed by atoms with van der Waals surface area (Å²) in [7, 11) is -0.780. The van der Waals surface area contributed by atoms with Gasteiger partial charge in [-0.2, -0.15) is 5.10 Å². The summed E-state index contributed by atoms with van der Waals surface area (Å²) in [6.45, 7) is 0. The third-order valence-electron chi connectivity index (χ3n) is 4.66. The lowest BCUT2D eigenvalue weighted by atomic mass is 10.2. The molecule has 2 heterocycles. The molecule has 0 aliphatic carbocycles. The number of fused-ring (bicyclic) bond motifs is 1. The summed E-state index contributed by atoms with van der Waals surface area (Å²) in [5.74, 6) is -0.607. The standard InChI is InChI=1S/C20H17ClN6O4S/c1-25(2)32(30,31)16-8-6-13(7-9-16)19(28)24-26-12-22-18-17(20(26)29)11-23-27(18)15-5-3-4-14(21)10-15/h3-12H,1-2H3,(H,24,28). The SMILES string of the molecule is CN(C)S(=O)(=O)c1ccc(C(=O)Nn2cnc3c(cnn3-c3cccc(Cl)c3)c2=O)cc1. The molecule has 4 aromatic rings. The third-order valence-corrected chi connectivity index (χ3v) is 6.72. The lowest BCUT2D eigenvalue weighted by Gasteiger charge is -2.12. The van der Waals surface area contributed by atoms with Gasteiger partial charge in [0.15, 0.2) is 5.65 Å². The van der Waals surface area contributed by atoms with Gasteiger partial charge in [-0.25, -0.2) is 27.1 Å². The molecule has 0 fully saturated rings. The Labute approximate surface area is 187 Å². The summed E-state index contributed by atoms with van der Waals surface area (Å²) in [4.78, 5) is 29.7. The monoisotopic (exact) mass is 472 g/mol. The van der Waals surface area contributed by atoms with E-state index in [0.29, 0.717) is 16.4 Å². The maximum atomic E-state index is 12.8. The summed E-state index contributed by atoms with van der Waals surface area (Å²) in [5.41, 5.74) is 3.03. The molecule has 0 saturated carbocycles. The van der Waals surface area contributed by atoms with Crippen LogP contribution in [-0.2, 0) is 10.0 Å². The molecule has 12 heteroatoms. The number of aromatic nitrogens is 4. The van der Waals surface area contributed by atoms with Crippen LogP contribution in [0.5, 0.6) is 0 Å². The molecular weight excluding hydrogens is 456 g/mol. The van der Waals surface area contributed by atoms with Gasteiger partial charge in [-0.05, 0) is 42.5 Å². The van der Waals surface area contributed by atoms with Gasteiger partial charge in [0.2, 0.25) is 10.0 Å². The Morgan fingerprint density at radius 1 is 1.12 bits per heavy atom. The van der Waals surface area contributed by atoms with Gasteiger partial charge >= 0.3 is 0 Å². The van der Waals surface area contributed by atoms with E-state index in [-0.39, 0.29) is 15.8 Å². The first-order valence-corrected chi connectivity index (χ1v) is 11.1. The molecule has 10 nitrogen and oxygen atoms in total. The van der Waals surface area contributed by atoms with Gasteiger partial charge in [-0.1, -0.05) is 17.7 Å². The first kappa shape index (κ1) is 21.7. The van der Waals surface area contributed by atoms with Gasteiger partial charge in [0.05, 0.1) is 16.8 Å². The fraction of sp³-hybridized carbons (Fsp3) is 0.100. The molecule has 2 aromatic carbocycles. The molecule has 0 aliphatic rings. The Kier molecular flexibility index (Phi) is 5.55. The second-order valence-corrected chi connectivity index (χ2v) is 9.53. The van der Waals surface area contributed by atoms with Crippen molar-refractivity contribution in [3.05, 3.63) is 82.0 Å². The van der Waals surface area contributed by atoms with Crippen molar-refractivity contribution in [1.82, 2.24) is 23.7 Å². The van der Waals surface area contributed by atoms with Crippen molar-refractivity contribution >= 4 is 38.6 Å². The maximum absolute atomic E-state index is 12.8. The van der Waals surface area contributed by atoms with Crippen LogP contribution in [0.1, 0.15) is 10.4 Å². The van der Waals surface area contributed by atoms with E-state index >= 15 is 0 Å². The molecule has 164 valence electrons. The van der Waals surface area contributed by atoms with Gasteiger partial charge in [-0.15, -0.1) is 0 Å². The van der Waals surface area contributed by atoms with Gasteiger partial charge in [0.1, 0.15) is 11.7 Å². The zero-order chi connectivity index (χ0) is 23.0. The molecule has 1 N–H and O–H groups in total. The lowest BCUT2D eigenvalue weighted by molar-refractivity contribution is 0.101. The maximum Gasteiger partial charge on any atom is 0.283 e. The fourth-order valence-electron chi connectivity index (χ4n) is 2.95. The summed E-state index contributed by atoms with van der Waals surface area (Å²) in [6.07, 6.45) is 2.53. The van der Waals surface area contributed by atoms with E-state index in [4.69, 9.17) is 11.6 Å². The minimum Gasteiger partial charge on any atom is -0.267 e. The Hall–Kier alpha value is -3.54. The highest BCUT2D eigenvalue weighted by Crippen LogP contribution is 2.18. The van der Waals surface area contributed by atoms with Crippen LogP contribution in [0.2, 0.25) is 5.02 Å². The van der Waals surface area contributed by atoms with E-state index in [1.54, 1.807) is 24.3 Å². The molecule has 1 amide bonds. The summed E-state index contributed by atoms with van der Waals surface area (Å²) in [6, 6.07) is 12.3. The smallest absolute Gasteiger partial charge is 0.267 e. The van der Waals surface area contributed by atoms with Gasteiger partial charge < -0.3 is 0 Å². The van der Waals surface area contributed by atoms with Gasteiger partial charge in [0.25, 0.3) is 11.5 Å². The van der Waals surface area contributed by atoms with Crippen molar-refractivity contribution in [2.75, 3.05) is 19.5 Å². The first-order valence-electron chi connectivity index (χ1n) is 9.24. The molecule has 0 bridgehead atoms. The molecule has 0 unspecified atom stereocenters. The van der Waals surface area contributed by atoms with Crippen molar-refractivity contribution < 1.29 is 13.2 Å². The zero-order valence-electron chi connectivity index (χ0n) is 16.9. The number of sulfonamides is 1. The molecular formula is C20H17ClN6O4S. The van der Waals surface area contributed by atoms with E-state index in [9.17, 15) is 18.0 Å². The van der Waals surface area contributed by atoms with E-state index in [1.165, 1.54) is 55.6 Å². The highest BCUT2D eigenvalue weighted by molar-refractivity contribution is 7.89. The second-order valence-electron chi connectivity index (χ2n) is 6.95. The lowest BCUT2D eigenvalue weighted by Crippen LogP contribution is -2.33. The van der Waals surface area contributed by atoms with Gasteiger partial charge in [-0.3, -0.25) is 15.0 Å². The first-order chi connectivity index (χ1) is 15.2. The Morgan fingerprint density at radius 3 is 2.50 bits per heavy atom. The quantitative estimate of drug-likeness (QED) is 0.473. The van der Waals surface area contributed by atoms with Crippen LogP contribution in [0, 0.1) is 0 Å². The summed E-state index contributed by atoms with van der Waals surface area (Å²) < 4.78 is 27.8. The fourth-order valence-corrected chi connectivity index (χ4v) is 4.04. The van der Waals surface area contributed by atoms with Crippen LogP contribution >= 0.6 is 11.6 Å². The zero-order valence-corrected chi connectivity index (χ0v) is 18.5. The molecule has 0 saturated heterocycles. The number of nitrogens with one attached hydrogen (secondary N) is 1. The minimum atomic E-state index is -3.61. The van der Waals surface area contributed by atoms with Crippen molar-refractivity contribution in [1.29, 1.82) is 0 Å². The van der Waals surface area contributed by atoms with Crippen LogP contribution in [0.3, 0.4) is 0 Å². The number of carbonyl (C=O) groups excluding carboxylic acids is 1. The minimum absolute atomic E-state index is 0.0488. The second kappa shape index (κ2) is 8.19. The van der Waals surface area contributed by atoms with E-state index in [2.05, 4.69) is 15.5 Å². The van der Waals surface area contributed by atoms with E-state index < -0.39 is 21.5 Å². The molecule has 0 spiro atoms. The number of hydrogen-bond acceptors (Lipinski definition) is 6. The average molecular weight is 473 g/mol. The van der Waals surface area contributed by atoms with Crippen molar-refractivity contribution in [3.8, 4) is 5.69 Å². The van der Waals surface area contributed by atoms with Gasteiger partial charge in [0, 0.05) is 24.7 Å². The predicted molar refractivity (Wildman–Crippen MR) is 119 cm³/mol.